The van der Waals surface area contributed by atoms with Gasteiger partial charge < -0.3 is 15.8 Å². The fraction of sp³-hybridized carbons (Fsp3) is 0.929. The van der Waals surface area contributed by atoms with Gasteiger partial charge in [-0.2, -0.15) is 0 Å². The molecule has 0 aromatic carbocycles. The number of carbonyl (C=O) groups is 1. The van der Waals surface area contributed by atoms with E-state index in [1.807, 2.05) is 20.8 Å². The number of hydrogen-bond acceptors (Lipinski definition) is 3. The molecule has 0 saturated heterocycles. The van der Waals surface area contributed by atoms with E-state index in [9.17, 15) is 4.79 Å². The van der Waals surface area contributed by atoms with Crippen LogP contribution in [0.2, 0.25) is 0 Å². The Morgan fingerprint density at radius 3 is 2.33 bits per heavy atom. The number of ether oxygens (including phenoxy) is 1. The first kappa shape index (κ1) is 15.3. The summed E-state index contributed by atoms with van der Waals surface area (Å²) < 4.78 is 5.35. The molecule has 1 fully saturated rings. The summed E-state index contributed by atoms with van der Waals surface area (Å²) >= 11 is 0. The molecule has 1 aliphatic rings. The van der Waals surface area contributed by atoms with E-state index in [-0.39, 0.29) is 17.0 Å². The second kappa shape index (κ2) is 4.72. The summed E-state index contributed by atoms with van der Waals surface area (Å²) in [7, 11) is 0. The highest BCUT2D eigenvalue weighted by atomic mass is 16.6. The molecule has 1 amide bonds. The highest BCUT2D eigenvalue weighted by Crippen LogP contribution is 2.49. The van der Waals surface area contributed by atoms with Crippen LogP contribution in [0.1, 0.15) is 54.4 Å². The molecular weight excluding hydrogens is 228 g/mol. The van der Waals surface area contributed by atoms with Gasteiger partial charge in [-0.05, 0) is 58.4 Å². The van der Waals surface area contributed by atoms with Crippen LogP contribution in [-0.4, -0.2) is 23.8 Å². The summed E-state index contributed by atoms with van der Waals surface area (Å²) in [6.07, 6.45) is 1.66. The van der Waals surface area contributed by atoms with E-state index in [0.29, 0.717) is 12.5 Å². The van der Waals surface area contributed by atoms with E-state index in [1.54, 1.807) is 0 Å². The molecule has 1 rings (SSSR count). The second-order valence-corrected chi connectivity index (χ2v) is 7.15. The Hall–Kier alpha value is -0.770. The van der Waals surface area contributed by atoms with E-state index in [2.05, 4.69) is 26.1 Å². The average molecular weight is 256 g/mol. The second-order valence-electron chi connectivity index (χ2n) is 7.15. The lowest BCUT2D eigenvalue weighted by molar-refractivity contribution is 0.0354. The molecule has 4 nitrogen and oxygen atoms in total. The Bertz CT molecular complexity index is 320. The van der Waals surface area contributed by atoms with Crippen molar-refractivity contribution in [3.63, 3.8) is 0 Å². The predicted octanol–water partition coefficient (Wildman–Crippen LogP) is 2.66. The lowest BCUT2D eigenvalue weighted by Crippen LogP contribution is -2.55. The van der Waals surface area contributed by atoms with Crippen molar-refractivity contribution in [2.24, 2.45) is 17.1 Å². The van der Waals surface area contributed by atoms with Crippen LogP contribution in [0, 0.1) is 11.3 Å². The van der Waals surface area contributed by atoms with Crippen molar-refractivity contribution in [3.05, 3.63) is 0 Å². The molecule has 0 heterocycles. The molecule has 0 bridgehead atoms. The summed E-state index contributed by atoms with van der Waals surface area (Å²) in [5, 5.41) is 3.05. The quantitative estimate of drug-likeness (QED) is 0.798. The Morgan fingerprint density at radius 2 is 1.94 bits per heavy atom. The van der Waals surface area contributed by atoms with Crippen molar-refractivity contribution in [1.29, 1.82) is 0 Å². The first-order valence-electron chi connectivity index (χ1n) is 6.73. The molecule has 0 aromatic heterocycles. The third-order valence-corrected chi connectivity index (χ3v) is 4.50. The third-order valence-electron chi connectivity index (χ3n) is 4.50. The van der Waals surface area contributed by atoms with Crippen LogP contribution in [0.3, 0.4) is 0 Å². The number of alkyl carbamates (subject to hydrolysis) is 1. The van der Waals surface area contributed by atoms with Crippen LogP contribution in [0.25, 0.3) is 0 Å². The van der Waals surface area contributed by atoms with Crippen molar-refractivity contribution >= 4 is 6.09 Å². The highest BCUT2D eigenvalue weighted by Gasteiger charge is 2.52. The van der Waals surface area contributed by atoms with Crippen molar-refractivity contribution in [2.45, 2.75) is 65.5 Å². The summed E-state index contributed by atoms with van der Waals surface area (Å²) in [4.78, 5) is 11.9. The van der Waals surface area contributed by atoms with Gasteiger partial charge in [0.1, 0.15) is 5.60 Å². The third kappa shape index (κ3) is 2.97. The maximum absolute atomic E-state index is 11.9. The zero-order valence-corrected chi connectivity index (χ0v) is 12.6. The fourth-order valence-electron chi connectivity index (χ4n) is 2.76. The van der Waals surface area contributed by atoms with E-state index < -0.39 is 5.60 Å². The lowest BCUT2D eigenvalue weighted by atomic mass is 9.71. The molecule has 106 valence electrons. The van der Waals surface area contributed by atoms with Gasteiger partial charge in [-0.1, -0.05) is 13.8 Å². The normalized spacial score (nSPS) is 31.2. The van der Waals surface area contributed by atoms with Crippen LogP contribution < -0.4 is 11.1 Å². The van der Waals surface area contributed by atoms with Gasteiger partial charge in [0.15, 0.2) is 0 Å². The molecular formula is C14H28N2O2. The Balaban J connectivity index is 2.74. The van der Waals surface area contributed by atoms with Gasteiger partial charge in [-0.3, -0.25) is 0 Å². The van der Waals surface area contributed by atoms with Crippen LogP contribution in [0.4, 0.5) is 4.79 Å². The van der Waals surface area contributed by atoms with Crippen LogP contribution in [-0.2, 0) is 4.74 Å². The number of carbonyl (C=O) groups excluding carboxylic acids is 1. The minimum Gasteiger partial charge on any atom is -0.444 e. The summed E-state index contributed by atoms with van der Waals surface area (Å²) in [5.41, 5.74) is 5.09. The predicted molar refractivity (Wildman–Crippen MR) is 73.3 cm³/mol. The summed E-state index contributed by atoms with van der Waals surface area (Å²) in [5.74, 6) is 0.442. The van der Waals surface area contributed by atoms with Gasteiger partial charge in [-0.25, -0.2) is 4.79 Å². The number of amides is 1. The lowest BCUT2D eigenvalue weighted by Gasteiger charge is -2.42. The van der Waals surface area contributed by atoms with Crippen LogP contribution >= 0.6 is 0 Å². The first-order valence-corrected chi connectivity index (χ1v) is 6.73. The number of nitrogens with two attached hydrogens (primary N) is 1. The molecule has 0 aliphatic heterocycles. The summed E-state index contributed by atoms with van der Waals surface area (Å²) in [6.45, 7) is 12.7. The van der Waals surface area contributed by atoms with Crippen molar-refractivity contribution in [2.75, 3.05) is 6.54 Å². The highest BCUT2D eigenvalue weighted by molar-refractivity contribution is 5.69. The number of nitrogens with one attached hydrogen (secondary N) is 1. The maximum atomic E-state index is 11.9. The molecule has 2 atom stereocenters. The van der Waals surface area contributed by atoms with Crippen LogP contribution in [0.15, 0.2) is 0 Å². The molecule has 1 saturated carbocycles. The topological polar surface area (TPSA) is 64.3 Å². The van der Waals surface area contributed by atoms with Gasteiger partial charge >= 0.3 is 6.09 Å². The standard InChI is InChI=1S/C14H28N2O2/c1-12(2,3)18-11(17)16-14(6)8-7-10(9-15)13(14,4)5/h10H,7-9,15H2,1-6H3,(H,16,17)/t10-,14-/m1/s1. The Kier molecular flexibility index (Phi) is 4.01. The van der Waals surface area contributed by atoms with Gasteiger partial charge in [0.25, 0.3) is 0 Å². The van der Waals surface area contributed by atoms with Crippen molar-refractivity contribution < 1.29 is 9.53 Å². The maximum Gasteiger partial charge on any atom is 0.408 e. The van der Waals surface area contributed by atoms with E-state index in [4.69, 9.17) is 10.5 Å². The molecule has 0 aromatic rings. The largest absolute Gasteiger partial charge is 0.444 e. The van der Waals surface area contributed by atoms with Crippen molar-refractivity contribution in [1.82, 2.24) is 5.32 Å². The fourth-order valence-corrected chi connectivity index (χ4v) is 2.76. The average Bonchev–Trinajstić information content (AvgIpc) is 2.34. The minimum absolute atomic E-state index is 0.0152. The monoisotopic (exact) mass is 256 g/mol. The molecule has 18 heavy (non-hydrogen) atoms. The number of rotatable bonds is 2. The van der Waals surface area contributed by atoms with Gasteiger partial charge in [0.05, 0.1) is 0 Å². The summed E-state index contributed by atoms with van der Waals surface area (Å²) in [6, 6.07) is 0. The van der Waals surface area contributed by atoms with E-state index in [0.717, 1.165) is 12.8 Å². The zero-order chi connectivity index (χ0) is 14.2. The molecule has 0 radical (unpaired) electrons. The van der Waals surface area contributed by atoms with Gasteiger partial charge in [-0.15, -0.1) is 0 Å². The van der Waals surface area contributed by atoms with Crippen molar-refractivity contribution in [3.8, 4) is 0 Å². The zero-order valence-electron chi connectivity index (χ0n) is 12.6. The van der Waals surface area contributed by atoms with Gasteiger partial charge in [0.2, 0.25) is 0 Å². The Labute approximate surface area is 111 Å². The smallest absolute Gasteiger partial charge is 0.408 e. The van der Waals surface area contributed by atoms with Crippen LogP contribution in [0.5, 0.6) is 0 Å². The number of hydrogen-bond donors (Lipinski definition) is 2. The minimum atomic E-state index is -0.462. The molecule has 3 N–H and O–H groups in total. The van der Waals surface area contributed by atoms with E-state index in [1.165, 1.54) is 0 Å². The molecule has 4 heteroatoms. The SMILES string of the molecule is CC(C)(C)OC(=O)N[C@]1(C)CC[C@H](CN)C1(C)C. The molecule has 1 aliphatic carbocycles. The Morgan fingerprint density at radius 1 is 1.39 bits per heavy atom. The molecule has 0 spiro atoms. The van der Waals surface area contributed by atoms with Gasteiger partial charge in [0, 0.05) is 5.54 Å². The molecule has 0 unspecified atom stereocenters. The first-order chi connectivity index (χ1) is 8.02. The van der Waals surface area contributed by atoms with E-state index >= 15 is 0 Å².